The molecule has 5 atom stereocenters. The quantitative estimate of drug-likeness (QED) is 0.322. The lowest BCUT2D eigenvalue weighted by Crippen LogP contribution is -2.59. The Morgan fingerprint density at radius 1 is 1.14 bits per heavy atom. The summed E-state index contributed by atoms with van der Waals surface area (Å²) in [5.41, 5.74) is -2.43. The molecule has 0 aromatic rings. The topological polar surface area (TPSA) is 162 Å². The van der Waals surface area contributed by atoms with Crippen LogP contribution < -0.4 is 15.4 Å². The van der Waals surface area contributed by atoms with E-state index in [1.165, 1.54) is 16.7 Å². The molecule has 0 aromatic carbocycles. The van der Waals surface area contributed by atoms with Crippen molar-refractivity contribution in [3.63, 3.8) is 0 Å². The zero-order valence-corrected chi connectivity index (χ0v) is 26.8. The summed E-state index contributed by atoms with van der Waals surface area (Å²) in [5, 5.41) is 15.7. The number of aliphatic hydroxyl groups is 1. The number of allylic oxidation sites excluding steroid dienone is 2. The molecule has 4 amide bonds. The number of carbonyl (C=O) groups excluding carboxylic acids is 4. The molecule has 3 unspecified atom stereocenters. The van der Waals surface area contributed by atoms with Crippen LogP contribution in [0.2, 0.25) is 0 Å². The molecule has 2 saturated carbocycles. The zero-order valence-electron chi connectivity index (χ0n) is 25.2. The van der Waals surface area contributed by atoms with E-state index in [1.54, 1.807) is 20.8 Å². The zero-order chi connectivity index (χ0) is 31.2. The van der Waals surface area contributed by atoms with Gasteiger partial charge in [-0.1, -0.05) is 31.1 Å². The molecule has 11 nitrogen and oxygen atoms in total. The van der Waals surface area contributed by atoms with Gasteiger partial charge in [0, 0.05) is 17.4 Å². The first-order valence-corrected chi connectivity index (χ1v) is 17.8. The molecule has 3 aliphatic heterocycles. The molecule has 3 fully saturated rings. The number of sulfonamides is 1. The number of amides is 4. The Hall–Kier alpha value is -2.38. The Balaban J connectivity index is 1.32. The Morgan fingerprint density at radius 2 is 1.88 bits per heavy atom. The van der Waals surface area contributed by atoms with Gasteiger partial charge in [-0.15, -0.1) is 11.8 Å². The van der Waals surface area contributed by atoms with Gasteiger partial charge in [0.05, 0.1) is 15.6 Å². The minimum atomic E-state index is -3.89. The van der Waals surface area contributed by atoms with E-state index in [-0.39, 0.29) is 24.2 Å². The summed E-state index contributed by atoms with van der Waals surface area (Å²) in [4.78, 5) is 56.5. The summed E-state index contributed by atoms with van der Waals surface area (Å²) >= 11 is 1.30. The summed E-state index contributed by atoms with van der Waals surface area (Å²) in [6.45, 7) is 5.30. The molecule has 0 spiro atoms. The second-order valence-electron chi connectivity index (χ2n) is 13.4. The Labute approximate surface area is 258 Å². The molecule has 238 valence electrons. The molecule has 0 bridgehead atoms. The number of fused-ring (bicyclic) bond motifs is 2. The van der Waals surface area contributed by atoms with Crippen LogP contribution in [-0.2, 0) is 29.2 Å². The van der Waals surface area contributed by atoms with E-state index in [4.69, 9.17) is 0 Å². The standard InChI is InChI=1S/C30H44N4O7S2/c1-28(2,39)23-14-13-22(42-23)25(36)31-20-11-8-6-4-5-7-10-19-18-30(19,27(38)33-43(40,41)29(3)15-16-29)32-24(35)21-12-9-17-34(21)26(20)37/h7,10,14,19-22,39H,4-6,8-9,11-13,15-18H2,1-3H3,(H,31,36)(H,32,35)(H,33,38)/b10-7-/t19?,20-,21?,22?,30+/m0/s1. The van der Waals surface area contributed by atoms with Crippen molar-refractivity contribution in [3.8, 4) is 0 Å². The van der Waals surface area contributed by atoms with Gasteiger partial charge in [-0.2, -0.15) is 0 Å². The summed E-state index contributed by atoms with van der Waals surface area (Å²) in [6.07, 6.45) is 12.0. The summed E-state index contributed by atoms with van der Waals surface area (Å²) in [7, 11) is -3.89. The van der Waals surface area contributed by atoms with Crippen LogP contribution >= 0.6 is 11.8 Å². The van der Waals surface area contributed by atoms with Gasteiger partial charge in [-0.3, -0.25) is 23.9 Å². The van der Waals surface area contributed by atoms with E-state index in [9.17, 15) is 32.7 Å². The highest BCUT2D eigenvalue weighted by molar-refractivity contribution is 8.04. The average Bonchev–Trinajstić information content (AvgIpc) is 3.66. The lowest BCUT2D eigenvalue weighted by Gasteiger charge is -2.30. The van der Waals surface area contributed by atoms with Crippen molar-refractivity contribution >= 4 is 45.4 Å². The number of hydrogen-bond acceptors (Lipinski definition) is 8. The van der Waals surface area contributed by atoms with E-state index in [1.807, 2.05) is 18.2 Å². The predicted molar refractivity (Wildman–Crippen MR) is 163 cm³/mol. The first kappa shape index (κ1) is 32.0. The molecule has 3 heterocycles. The van der Waals surface area contributed by atoms with Gasteiger partial charge in [0.1, 0.15) is 17.6 Å². The summed E-state index contributed by atoms with van der Waals surface area (Å²) < 4.78 is 27.0. The number of nitrogens with zero attached hydrogens (tertiary/aromatic N) is 1. The average molecular weight is 637 g/mol. The number of nitrogens with one attached hydrogen (secondary N) is 3. The van der Waals surface area contributed by atoms with Crippen LogP contribution in [0.5, 0.6) is 0 Å². The lowest BCUT2D eigenvalue weighted by molar-refractivity contribution is -0.142. The molecule has 0 aromatic heterocycles. The Morgan fingerprint density at radius 3 is 2.56 bits per heavy atom. The van der Waals surface area contributed by atoms with Crippen molar-refractivity contribution in [1.82, 2.24) is 20.3 Å². The van der Waals surface area contributed by atoms with Crippen LogP contribution in [0.3, 0.4) is 0 Å². The van der Waals surface area contributed by atoms with E-state index in [0.717, 1.165) is 24.2 Å². The molecule has 43 heavy (non-hydrogen) atoms. The molecular formula is C30H44N4O7S2. The highest BCUT2D eigenvalue weighted by Crippen LogP contribution is 2.47. The fourth-order valence-electron chi connectivity index (χ4n) is 6.16. The number of hydrogen-bond donors (Lipinski definition) is 4. The SMILES string of the molecule is CC(C)(O)C1=CCC(C(=O)N[C@H]2CCCCC/C=C\C3C[C@@]3(C(=O)NS(=O)(=O)C3(C)CC3)NC(=O)C3CCCN3C2=O)S1. The van der Waals surface area contributed by atoms with Crippen LogP contribution in [0.15, 0.2) is 23.1 Å². The first-order valence-electron chi connectivity index (χ1n) is 15.4. The summed E-state index contributed by atoms with van der Waals surface area (Å²) in [5.74, 6) is -2.17. The van der Waals surface area contributed by atoms with E-state index in [0.29, 0.717) is 51.5 Å². The monoisotopic (exact) mass is 636 g/mol. The first-order chi connectivity index (χ1) is 20.2. The van der Waals surface area contributed by atoms with Gasteiger partial charge in [0.15, 0.2) is 0 Å². The highest BCUT2D eigenvalue weighted by Gasteiger charge is 2.63. The van der Waals surface area contributed by atoms with Crippen molar-refractivity contribution in [2.75, 3.05) is 6.54 Å². The molecule has 5 aliphatic rings. The fourth-order valence-corrected chi connectivity index (χ4v) is 8.62. The molecule has 13 heteroatoms. The second kappa shape index (κ2) is 11.8. The van der Waals surface area contributed by atoms with Gasteiger partial charge < -0.3 is 20.6 Å². The van der Waals surface area contributed by atoms with Crippen molar-refractivity contribution < 1.29 is 32.7 Å². The van der Waals surface area contributed by atoms with Gasteiger partial charge in [-0.25, -0.2) is 8.42 Å². The normalized spacial score (nSPS) is 33.6. The van der Waals surface area contributed by atoms with Gasteiger partial charge in [0.25, 0.3) is 5.91 Å². The minimum Gasteiger partial charge on any atom is -0.385 e. The molecular weight excluding hydrogens is 592 g/mol. The predicted octanol–water partition coefficient (Wildman–Crippen LogP) is 2.02. The van der Waals surface area contributed by atoms with Crippen LogP contribution in [-0.4, -0.2) is 81.8 Å². The van der Waals surface area contributed by atoms with Crippen molar-refractivity contribution in [2.45, 2.75) is 125 Å². The Kier molecular flexibility index (Phi) is 8.83. The van der Waals surface area contributed by atoms with E-state index in [2.05, 4.69) is 15.4 Å². The van der Waals surface area contributed by atoms with Gasteiger partial charge in [-0.05, 0) is 78.6 Å². The van der Waals surface area contributed by atoms with Crippen LogP contribution in [0, 0.1) is 5.92 Å². The number of thioether (sulfide) groups is 1. The lowest BCUT2D eigenvalue weighted by atomic mass is 10.0. The van der Waals surface area contributed by atoms with Crippen LogP contribution in [0.4, 0.5) is 0 Å². The van der Waals surface area contributed by atoms with Gasteiger partial charge >= 0.3 is 0 Å². The molecule has 5 rings (SSSR count). The maximum Gasteiger partial charge on any atom is 0.259 e. The molecule has 0 radical (unpaired) electrons. The second-order valence-corrected chi connectivity index (χ2v) is 16.9. The third-order valence-corrected chi connectivity index (χ3v) is 13.2. The maximum atomic E-state index is 13.9. The molecule has 2 aliphatic carbocycles. The smallest absolute Gasteiger partial charge is 0.259 e. The number of rotatable bonds is 6. The molecule has 4 N–H and O–H groups in total. The Bertz CT molecular complexity index is 1330. The summed E-state index contributed by atoms with van der Waals surface area (Å²) in [6, 6.07) is -1.63. The van der Waals surface area contributed by atoms with Crippen molar-refractivity contribution in [3.05, 3.63) is 23.1 Å². The third kappa shape index (κ3) is 6.68. The maximum absolute atomic E-state index is 13.9. The highest BCUT2D eigenvalue weighted by atomic mass is 32.2. The number of carbonyl (C=O) groups is 4. The third-order valence-electron chi connectivity index (χ3n) is 9.46. The molecule has 1 saturated heterocycles. The van der Waals surface area contributed by atoms with E-state index >= 15 is 0 Å². The van der Waals surface area contributed by atoms with Crippen molar-refractivity contribution in [2.24, 2.45) is 5.92 Å². The van der Waals surface area contributed by atoms with Crippen molar-refractivity contribution in [1.29, 1.82) is 0 Å². The van der Waals surface area contributed by atoms with Crippen LogP contribution in [0.25, 0.3) is 0 Å². The van der Waals surface area contributed by atoms with E-state index < -0.39 is 55.1 Å². The van der Waals surface area contributed by atoms with Crippen LogP contribution in [0.1, 0.15) is 91.4 Å². The largest absolute Gasteiger partial charge is 0.385 e. The fraction of sp³-hybridized carbons (Fsp3) is 0.733. The minimum absolute atomic E-state index is 0.276. The van der Waals surface area contributed by atoms with Gasteiger partial charge in [0.2, 0.25) is 27.7 Å².